The summed E-state index contributed by atoms with van der Waals surface area (Å²) < 4.78 is 52.9. The number of sulfonamides is 1. The Bertz CT molecular complexity index is 1280. The van der Waals surface area contributed by atoms with Gasteiger partial charge in [-0.1, -0.05) is 6.42 Å². The number of aromatic nitrogens is 2. The number of thioether (sulfide) groups is 1. The van der Waals surface area contributed by atoms with Gasteiger partial charge in [-0.2, -0.15) is 21.2 Å². The highest BCUT2D eigenvalue weighted by molar-refractivity contribution is 7.98. The van der Waals surface area contributed by atoms with Gasteiger partial charge in [-0.3, -0.25) is 4.79 Å². The van der Waals surface area contributed by atoms with Crippen LogP contribution in [0.25, 0.3) is 0 Å². The van der Waals surface area contributed by atoms with Crippen molar-refractivity contribution in [1.82, 2.24) is 14.1 Å². The van der Waals surface area contributed by atoms with E-state index in [1.165, 1.54) is 28.6 Å². The number of nitrogens with zero attached hydrogens (tertiary/aromatic N) is 3. The van der Waals surface area contributed by atoms with Crippen molar-refractivity contribution in [2.45, 2.75) is 48.1 Å². The summed E-state index contributed by atoms with van der Waals surface area (Å²) in [6.07, 6.45) is 3.23. The number of amides is 1. The SMILES string of the molecule is O=C(Nc1c2c(nn1C1CCS(=O)(=O)C1)CSC2)c1ccc(S(=O)(=O)N2CCCCC2)cc1. The molecule has 2 fully saturated rings. The fraction of sp³-hybridized carbons (Fsp3) is 0.524. The van der Waals surface area contributed by atoms with Crippen molar-refractivity contribution >= 4 is 43.3 Å². The van der Waals surface area contributed by atoms with Crippen LogP contribution >= 0.6 is 11.8 Å². The average Bonchev–Trinajstić information content (AvgIpc) is 3.50. The molecule has 3 aliphatic rings. The van der Waals surface area contributed by atoms with Gasteiger partial charge < -0.3 is 5.32 Å². The van der Waals surface area contributed by atoms with Gasteiger partial charge in [-0.25, -0.2) is 21.5 Å². The zero-order valence-corrected chi connectivity index (χ0v) is 20.5. The predicted molar refractivity (Wildman–Crippen MR) is 127 cm³/mol. The number of hydrogen-bond acceptors (Lipinski definition) is 7. The fourth-order valence-electron chi connectivity index (χ4n) is 4.61. The number of carbonyl (C=O) groups excluding carboxylic acids is 1. The maximum atomic E-state index is 13.0. The number of fused-ring (bicyclic) bond motifs is 1. The summed E-state index contributed by atoms with van der Waals surface area (Å²) >= 11 is 1.70. The van der Waals surface area contributed by atoms with Crippen molar-refractivity contribution in [3.63, 3.8) is 0 Å². The highest BCUT2D eigenvalue weighted by Crippen LogP contribution is 2.38. The van der Waals surface area contributed by atoms with Gasteiger partial charge in [0.05, 0.1) is 28.1 Å². The Kier molecular flexibility index (Phi) is 6.04. The van der Waals surface area contributed by atoms with Crippen LogP contribution in [0.3, 0.4) is 0 Å². The lowest BCUT2D eigenvalue weighted by Crippen LogP contribution is -2.35. The number of rotatable bonds is 5. The van der Waals surface area contributed by atoms with E-state index in [1.807, 2.05) is 0 Å². The van der Waals surface area contributed by atoms with E-state index < -0.39 is 19.9 Å². The molecule has 2 aromatic rings. The van der Waals surface area contributed by atoms with E-state index in [9.17, 15) is 21.6 Å². The van der Waals surface area contributed by atoms with Gasteiger partial charge in [0.15, 0.2) is 9.84 Å². The summed E-state index contributed by atoms with van der Waals surface area (Å²) in [5, 5.41) is 7.54. The van der Waals surface area contributed by atoms with E-state index in [4.69, 9.17) is 0 Å². The van der Waals surface area contributed by atoms with Crippen molar-refractivity contribution in [2.24, 2.45) is 0 Å². The Morgan fingerprint density at radius 1 is 1.09 bits per heavy atom. The molecule has 5 rings (SSSR count). The number of benzene rings is 1. The molecule has 33 heavy (non-hydrogen) atoms. The predicted octanol–water partition coefficient (Wildman–Crippen LogP) is 2.42. The van der Waals surface area contributed by atoms with Crippen LogP contribution in [0.15, 0.2) is 29.2 Å². The maximum Gasteiger partial charge on any atom is 0.256 e. The quantitative estimate of drug-likeness (QED) is 0.656. The van der Waals surface area contributed by atoms with Crippen LogP contribution in [0.2, 0.25) is 0 Å². The van der Waals surface area contributed by atoms with Crippen molar-refractivity contribution in [3.05, 3.63) is 41.1 Å². The number of hydrogen-bond donors (Lipinski definition) is 1. The summed E-state index contributed by atoms with van der Waals surface area (Å²) in [5.41, 5.74) is 2.14. The summed E-state index contributed by atoms with van der Waals surface area (Å²) in [5.74, 6) is 1.75. The van der Waals surface area contributed by atoms with Gasteiger partial charge >= 0.3 is 0 Å². The van der Waals surface area contributed by atoms with E-state index in [0.717, 1.165) is 36.3 Å². The average molecular weight is 511 g/mol. The highest BCUT2D eigenvalue weighted by Gasteiger charge is 2.34. The monoisotopic (exact) mass is 510 g/mol. The largest absolute Gasteiger partial charge is 0.306 e. The van der Waals surface area contributed by atoms with Crippen molar-refractivity contribution in [2.75, 3.05) is 29.9 Å². The van der Waals surface area contributed by atoms with Gasteiger partial charge in [-0.15, -0.1) is 0 Å². The molecule has 178 valence electrons. The molecule has 1 aromatic carbocycles. The Morgan fingerprint density at radius 2 is 1.82 bits per heavy atom. The smallest absolute Gasteiger partial charge is 0.256 e. The minimum atomic E-state index is -3.56. The summed E-state index contributed by atoms with van der Waals surface area (Å²) in [4.78, 5) is 13.2. The molecule has 12 heteroatoms. The van der Waals surface area contributed by atoms with Crippen LogP contribution in [0.4, 0.5) is 5.82 Å². The van der Waals surface area contributed by atoms with Crippen LogP contribution in [0.5, 0.6) is 0 Å². The first kappa shape index (κ1) is 22.9. The van der Waals surface area contributed by atoms with E-state index in [1.54, 1.807) is 16.4 Å². The van der Waals surface area contributed by atoms with Crippen LogP contribution in [0, 0.1) is 0 Å². The summed E-state index contributed by atoms with van der Waals surface area (Å²) in [6.45, 7) is 1.04. The van der Waals surface area contributed by atoms with Gasteiger partial charge in [0.2, 0.25) is 10.0 Å². The topological polar surface area (TPSA) is 118 Å². The van der Waals surface area contributed by atoms with Crippen molar-refractivity contribution in [3.8, 4) is 0 Å². The second-order valence-corrected chi connectivity index (χ2v) is 13.9. The van der Waals surface area contributed by atoms with Crippen molar-refractivity contribution in [1.29, 1.82) is 0 Å². The minimum absolute atomic E-state index is 0.0205. The minimum Gasteiger partial charge on any atom is -0.306 e. The van der Waals surface area contributed by atoms with E-state index in [-0.39, 0.29) is 28.4 Å². The first-order valence-corrected chi connectivity index (χ1v) is 15.5. The van der Waals surface area contributed by atoms with Gasteiger partial charge in [0, 0.05) is 35.7 Å². The third kappa shape index (κ3) is 4.45. The molecule has 1 atom stereocenters. The fourth-order valence-corrected chi connectivity index (χ4v) is 8.85. The van der Waals surface area contributed by atoms with E-state index in [2.05, 4.69) is 10.4 Å². The normalized spacial score (nSPS) is 22.8. The molecular weight excluding hydrogens is 484 g/mol. The molecule has 0 radical (unpaired) electrons. The molecule has 1 amide bonds. The van der Waals surface area contributed by atoms with E-state index in [0.29, 0.717) is 36.6 Å². The maximum absolute atomic E-state index is 13.0. The number of nitrogens with one attached hydrogen (secondary N) is 1. The van der Waals surface area contributed by atoms with Gasteiger partial charge in [0.1, 0.15) is 5.82 Å². The Balaban J connectivity index is 1.37. The lowest BCUT2D eigenvalue weighted by Gasteiger charge is -2.25. The van der Waals surface area contributed by atoms with Gasteiger partial charge in [0.25, 0.3) is 5.91 Å². The first-order valence-electron chi connectivity index (χ1n) is 11.0. The molecule has 1 unspecified atom stereocenters. The third-order valence-electron chi connectivity index (χ3n) is 6.43. The summed E-state index contributed by atoms with van der Waals surface area (Å²) in [7, 11) is -6.66. The Labute approximate surface area is 197 Å². The molecule has 0 saturated carbocycles. The molecule has 0 bridgehead atoms. The lowest BCUT2D eigenvalue weighted by atomic mass is 10.2. The Morgan fingerprint density at radius 3 is 2.48 bits per heavy atom. The molecule has 2 saturated heterocycles. The van der Waals surface area contributed by atoms with Crippen LogP contribution in [0.1, 0.15) is 53.3 Å². The molecule has 1 aromatic heterocycles. The van der Waals surface area contributed by atoms with Gasteiger partial charge in [-0.05, 0) is 43.5 Å². The molecule has 1 N–H and O–H groups in total. The second kappa shape index (κ2) is 8.71. The van der Waals surface area contributed by atoms with E-state index >= 15 is 0 Å². The number of sulfone groups is 1. The zero-order chi connectivity index (χ0) is 23.2. The molecular formula is C21H26N4O5S3. The molecule has 4 heterocycles. The summed E-state index contributed by atoms with van der Waals surface area (Å²) in [6, 6.07) is 5.68. The third-order valence-corrected chi connectivity index (χ3v) is 11.1. The number of carbonyl (C=O) groups is 1. The standard InChI is InChI=1S/C21H26N4O5S3/c26-21(15-4-6-17(7-5-15)33(29,30)24-9-2-1-3-10-24)22-20-18-12-31-13-19(18)23-25(20)16-8-11-32(27,28)14-16/h4-7,16H,1-3,8-14H2,(H,22,26). The molecule has 0 aliphatic carbocycles. The Hall–Kier alpha value is -1.89. The van der Waals surface area contributed by atoms with Crippen LogP contribution < -0.4 is 5.32 Å². The van der Waals surface area contributed by atoms with Crippen molar-refractivity contribution < 1.29 is 21.6 Å². The van der Waals surface area contributed by atoms with Crippen LogP contribution in [-0.4, -0.2) is 61.4 Å². The zero-order valence-electron chi connectivity index (χ0n) is 18.1. The molecule has 3 aliphatic heterocycles. The first-order chi connectivity index (χ1) is 15.7. The lowest BCUT2D eigenvalue weighted by molar-refractivity contribution is 0.102. The highest BCUT2D eigenvalue weighted by atomic mass is 32.2. The number of anilines is 1. The molecule has 9 nitrogen and oxygen atoms in total. The second-order valence-electron chi connectivity index (χ2n) is 8.71. The van der Waals surface area contributed by atoms with Crippen LogP contribution in [-0.2, 0) is 31.4 Å². The number of piperidine rings is 1. The molecule has 0 spiro atoms.